The summed E-state index contributed by atoms with van der Waals surface area (Å²) in [6, 6.07) is 16.9. The number of amides is 1. The van der Waals surface area contributed by atoms with Gasteiger partial charge >= 0.3 is 0 Å². The molecule has 0 radical (unpaired) electrons. The summed E-state index contributed by atoms with van der Waals surface area (Å²) in [5.74, 6) is 3.31. The zero-order chi connectivity index (χ0) is 24.0. The molecule has 2 aromatic carbocycles. The molecule has 0 aliphatic carbocycles. The van der Waals surface area contributed by atoms with Crippen LogP contribution in [0.1, 0.15) is 21.5 Å². The van der Waals surface area contributed by atoms with E-state index in [4.69, 9.17) is 18.6 Å². The van der Waals surface area contributed by atoms with Crippen molar-refractivity contribution >= 4 is 17.7 Å². The second-order valence-electron chi connectivity index (χ2n) is 7.78. The Hall–Kier alpha value is -3.76. The van der Waals surface area contributed by atoms with Gasteiger partial charge in [0.25, 0.3) is 5.91 Å². The minimum atomic E-state index is -0.135. The number of nitrogens with one attached hydrogen (secondary N) is 1. The number of methoxy groups -OCH3 is 1. The number of carbonyl (C=O) groups excluding carboxylic acids is 1. The lowest BCUT2D eigenvalue weighted by atomic mass is 10.1. The van der Waals surface area contributed by atoms with E-state index in [9.17, 15) is 4.79 Å². The van der Waals surface area contributed by atoms with Gasteiger partial charge in [-0.05, 0) is 47.5 Å². The maximum absolute atomic E-state index is 12.6. The summed E-state index contributed by atoms with van der Waals surface area (Å²) in [6.45, 7) is 1.79. The van der Waals surface area contributed by atoms with Crippen molar-refractivity contribution in [3.8, 4) is 23.1 Å². The molecule has 3 heterocycles. The monoisotopic (exact) mass is 492 g/mol. The lowest BCUT2D eigenvalue weighted by molar-refractivity contribution is 0.0951. The summed E-state index contributed by atoms with van der Waals surface area (Å²) in [6.07, 6.45) is 1.62. The number of thioether (sulfide) groups is 1. The second-order valence-corrected chi connectivity index (χ2v) is 8.73. The van der Waals surface area contributed by atoms with Crippen LogP contribution >= 0.6 is 11.8 Å². The van der Waals surface area contributed by atoms with Crippen LogP contribution in [-0.2, 0) is 23.6 Å². The van der Waals surface area contributed by atoms with Crippen molar-refractivity contribution in [2.75, 3.05) is 20.5 Å². The number of hydrogen-bond donors (Lipinski definition) is 1. The number of ether oxygens (including phenoxy) is 3. The Morgan fingerprint density at radius 1 is 1.09 bits per heavy atom. The number of rotatable bonds is 10. The molecule has 10 heteroatoms. The van der Waals surface area contributed by atoms with Gasteiger partial charge in [-0.2, -0.15) is 0 Å². The van der Waals surface area contributed by atoms with E-state index in [-0.39, 0.29) is 12.7 Å². The number of carbonyl (C=O) groups is 1. The van der Waals surface area contributed by atoms with E-state index >= 15 is 0 Å². The van der Waals surface area contributed by atoms with Crippen molar-refractivity contribution in [1.29, 1.82) is 0 Å². The Balaban J connectivity index is 1.18. The lowest BCUT2D eigenvalue weighted by Crippen LogP contribution is -2.22. The van der Waals surface area contributed by atoms with E-state index in [0.717, 1.165) is 22.0 Å². The van der Waals surface area contributed by atoms with Gasteiger partial charge in [0.05, 0.1) is 19.4 Å². The molecule has 1 aliphatic heterocycles. The van der Waals surface area contributed by atoms with Gasteiger partial charge in [0.2, 0.25) is 12.6 Å². The molecule has 1 N–H and O–H groups in total. The summed E-state index contributed by atoms with van der Waals surface area (Å²) in [5, 5.41) is 12.4. The Labute approximate surface area is 206 Å². The van der Waals surface area contributed by atoms with Gasteiger partial charge in [-0.3, -0.25) is 9.36 Å². The van der Waals surface area contributed by atoms with Crippen LogP contribution in [-0.4, -0.2) is 41.2 Å². The van der Waals surface area contributed by atoms with Crippen LogP contribution in [0.4, 0.5) is 0 Å². The standard InChI is InChI=1S/C25H24N4O5S/c1-31-12-10-29-23(21-3-2-11-32-21)27-28-25(29)35-15-17-4-7-19(8-5-17)24(30)26-14-18-6-9-20-22(13-18)34-16-33-20/h2-9,11,13H,10,12,14-16H2,1H3,(H,26,30). The smallest absolute Gasteiger partial charge is 0.251 e. The quantitative estimate of drug-likeness (QED) is 0.330. The minimum Gasteiger partial charge on any atom is -0.461 e. The van der Waals surface area contributed by atoms with Crippen LogP contribution in [0.15, 0.2) is 70.4 Å². The van der Waals surface area contributed by atoms with Crippen molar-refractivity contribution in [3.05, 3.63) is 77.6 Å². The highest BCUT2D eigenvalue weighted by Gasteiger charge is 2.17. The molecule has 1 aliphatic rings. The Bertz CT molecular complexity index is 1290. The number of benzene rings is 2. The third-order valence-corrected chi connectivity index (χ3v) is 6.49. The fraction of sp³-hybridized carbons (Fsp3) is 0.240. The first kappa shape index (κ1) is 23.0. The van der Waals surface area contributed by atoms with Gasteiger partial charge in [-0.15, -0.1) is 10.2 Å². The van der Waals surface area contributed by atoms with Gasteiger partial charge in [0.15, 0.2) is 22.4 Å². The van der Waals surface area contributed by atoms with Gasteiger partial charge in [-0.25, -0.2) is 0 Å². The molecule has 180 valence electrons. The molecule has 9 nitrogen and oxygen atoms in total. The third-order valence-electron chi connectivity index (χ3n) is 5.45. The molecule has 35 heavy (non-hydrogen) atoms. The average molecular weight is 493 g/mol. The highest BCUT2D eigenvalue weighted by Crippen LogP contribution is 2.32. The van der Waals surface area contributed by atoms with E-state index in [2.05, 4.69) is 15.5 Å². The number of fused-ring (bicyclic) bond motifs is 1. The van der Waals surface area contributed by atoms with Crippen molar-refractivity contribution < 1.29 is 23.4 Å². The van der Waals surface area contributed by atoms with Crippen LogP contribution in [0.3, 0.4) is 0 Å². The Morgan fingerprint density at radius 2 is 1.91 bits per heavy atom. The highest BCUT2D eigenvalue weighted by atomic mass is 32.2. The first-order valence-electron chi connectivity index (χ1n) is 11.1. The Morgan fingerprint density at radius 3 is 2.71 bits per heavy atom. The van der Waals surface area contributed by atoms with Crippen molar-refractivity contribution in [1.82, 2.24) is 20.1 Å². The molecule has 5 rings (SSSR count). The van der Waals surface area contributed by atoms with Crippen LogP contribution in [0.5, 0.6) is 11.5 Å². The fourth-order valence-electron chi connectivity index (χ4n) is 3.60. The molecule has 0 bridgehead atoms. The van der Waals surface area contributed by atoms with Crippen molar-refractivity contribution in [2.45, 2.75) is 24.0 Å². The van der Waals surface area contributed by atoms with Gasteiger partial charge < -0.3 is 23.9 Å². The normalized spacial score (nSPS) is 12.1. The summed E-state index contributed by atoms with van der Waals surface area (Å²) < 4.78 is 23.4. The molecular weight excluding hydrogens is 468 g/mol. The first-order chi connectivity index (χ1) is 17.2. The van der Waals surface area contributed by atoms with Crippen LogP contribution in [0.2, 0.25) is 0 Å². The van der Waals surface area contributed by atoms with Crippen LogP contribution in [0, 0.1) is 0 Å². The SMILES string of the molecule is COCCn1c(SCc2ccc(C(=O)NCc3ccc4c(c3)OCO4)cc2)nnc1-c1ccco1. The predicted octanol–water partition coefficient (Wildman–Crippen LogP) is 4.14. The fourth-order valence-corrected chi connectivity index (χ4v) is 4.52. The molecule has 0 saturated carbocycles. The third kappa shape index (κ3) is 5.33. The Kier molecular flexibility index (Phi) is 7.01. The van der Waals surface area contributed by atoms with Crippen LogP contribution in [0.25, 0.3) is 11.6 Å². The van der Waals surface area contributed by atoms with E-state index in [1.54, 1.807) is 25.1 Å². The van der Waals surface area contributed by atoms with E-state index in [1.165, 1.54) is 0 Å². The molecule has 0 fully saturated rings. The number of nitrogens with zero attached hydrogens (tertiary/aromatic N) is 3. The molecular formula is C25H24N4O5S. The molecule has 1 amide bonds. The minimum absolute atomic E-state index is 0.135. The average Bonchev–Trinajstić information content (AvgIpc) is 3.65. The largest absolute Gasteiger partial charge is 0.461 e. The molecule has 0 spiro atoms. The molecule has 0 saturated heterocycles. The molecule has 4 aromatic rings. The second kappa shape index (κ2) is 10.7. The van der Waals surface area contributed by atoms with Gasteiger partial charge in [0, 0.05) is 25.0 Å². The maximum Gasteiger partial charge on any atom is 0.251 e. The van der Waals surface area contributed by atoms with Crippen molar-refractivity contribution in [3.63, 3.8) is 0 Å². The summed E-state index contributed by atoms with van der Waals surface area (Å²) in [4.78, 5) is 12.6. The number of aromatic nitrogens is 3. The summed E-state index contributed by atoms with van der Waals surface area (Å²) in [7, 11) is 1.66. The number of hydrogen-bond acceptors (Lipinski definition) is 8. The molecule has 2 aromatic heterocycles. The van der Waals surface area contributed by atoms with E-state index < -0.39 is 0 Å². The van der Waals surface area contributed by atoms with Crippen molar-refractivity contribution in [2.24, 2.45) is 0 Å². The van der Waals surface area contributed by atoms with E-state index in [1.807, 2.05) is 59.2 Å². The highest BCUT2D eigenvalue weighted by molar-refractivity contribution is 7.98. The first-order valence-corrected chi connectivity index (χ1v) is 12.0. The number of furan rings is 1. The van der Waals surface area contributed by atoms with Crippen LogP contribution < -0.4 is 14.8 Å². The predicted molar refractivity (Wildman–Crippen MR) is 129 cm³/mol. The van der Waals surface area contributed by atoms with E-state index in [0.29, 0.717) is 48.3 Å². The topological polar surface area (TPSA) is 101 Å². The summed E-state index contributed by atoms with van der Waals surface area (Å²) in [5.41, 5.74) is 2.62. The molecule has 0 atom stereocenters. The summed E-state index contributed by atoms with van der Waals surface area (Å²) >= 11 is 1.57. The maximum atomic E-state index is 12.6. The zero-order valence-corrected chi connectivity index (χ0v) is 19.9. The van der Waals surface area contributed by atoms with Gasteiger partial charge in [0.1, 0.15) is 0 Å². The van der Waals surface area contributed by atoms with Gasteiger partial charge in [-0.1, -0.05) is 30.0 Å². The zero-order valence-electron chi connectivity index (χ0n) is 19.1. The lowest BCUT2D eigenvalue weighted by Gasteiger charge is -2.09. The molecule has 0 unspecified atom stereocenters.